The molecular weight excluding hydrogens is 174 g/mol. The van der Waals surface area contributed by atoms with Crippen LogP contribution in [-0.4, -0.2) is 16.8 Å². The minimum Gasteiger partial charge on any atom is -0.313 e. The number of nitrogens with zero attached hydrogens (tertiary/aromatic N) is 2. The summed E-state index contributed by atoms with van der Waals surface area (Å²) in [6.07, 6.45) is 3.13. The minimum absolute atomic E-state index is 0.415. The number of aromatic nitrogens is 2. The van der Waals surface area contributed by atoms with Crippen LogP contribution in [0.1, 0.15) is 38.1 Å². The third kappa shape index (κ3) is 2.15. The maximum atomic E-state index is 4.46. The lowest BCUT2D eigenvalue weighted by molar-refractivity contribution is 0.440. The van der Waals surface area contributed by atoms with Crippen molar-refractivity contribution < 1.29 is 0 Å². The molecule has 1 heterocycles. The van der Waals surface area contributed by atoms with Gasteiger partial charge in [-0.2, -0.15) is 5.10 Å². The topological polar surface area (TPSA) is 29.9 Å². The zero-order valence-corrected chi connectivity index (χ0v) is 9.83. The molecule has 0 aliphatic carbocycles. The van der Waals surface area contributed by atoms with Gasteiger partial charge in [0.05, 0.1) is 5.69 Å². The Labute approximate surface area is 86.5 Å². The third-order valence-electron chi connectivity index (χ3n) is 2.59. The van der Waals surface area contributed by atoms with Gasteiger partial charge in [-0.1, -0.05) is 20.8 Å². The average Bonchev–Trinajstić information content (AvgIpc) is 2.47. The van der Waals surface area contributed by atoms with Gasteiger partial charge < -0.3 is 5.32 Å². The smallest absolute Gasteiger partial charge is 0.0669 e. The average molecular weight is 195 g/mol. The monoisotopic (exact) mass is 195 g/mol. The lowest BCUT2D eigenvalue weighted by atomic mass is 9.96. The summed E-state index contributed by atoms with van der Waals surface area (Å²) in [5, 5.41) is 7.81. The molecule has 1 unspecified atom stereocenters. The van der Waals surface area contributed by atoms with Gasteiger partial charge in [0, 0.05) is 24.8 Å². The van der Waals surface area contributed by atoms with Crippen molar-refractivity contribution in [3.8, 4) is 0 Å². The molecule has 0 aromatic carbocycles. The molecule has 3 heteroatoms. The van der Waals surface area contributed by atoms with Gasteiger partial charge in [0.1, 0.15) is 0 Å². The van der Waals surface area contributed by atoms with E-state index in [0.29, 0.717) is 12.0 Å². The van der Waals surface area contributed by atoms with E-state index in [1.807, 2.05) is 18.8 Å². The van der Waals surface area contributed by atoms with Crippen LogP contribution in [0, 0.1) is 5.92 Å². The molecule has 0 saturated heterocycles. The van der Waals surface area contributed by atoms with Gasteiger partial charge in [0.2, 0.25) is 0 Å². The second-order valence-electron chi connectivity index (χ2n) is 4.07. The van der Waals surface area contributed by atoms with Crippen LogP contribution in [0.5, 0.6) is 0 Å². The van der Waals surface area contributed by atoms with E-state index in [-0.39, 0.29) is 0 Å². The fraction of sp³-hybridized carbons (Fsp3) is 0.727. The first-order valence-corrected chi connectivity index (χ1v) is 5.29. The summed E-state index contributed by atoms with van der Waals surface area (Å²) in [7, 11) is 3.99. The predicted octanol–water partition coefficient (Wildman–Crippen LogP) is 1.90. The molecule has 80 valence electrons. The quantitative estimate of drug-likeness (QED) is 0.795. The van der Waals surface area contributed by atoms with Crippen molar-refractivity contribution in [2.24, 2.45) is 13.0 Å². The van der Waals surface area contributed by atoms with Crippen LogP contribution in [0.25, 0.3) is 0 Å². The number of nitrogens with one attached hydrogen (secondary N) is 1. The summed E-state index contributed by atoms with van der Waals surface area (Å²) < 4.78 is 1.90. The van der Waals surface area contributed by atoms with Crippen LogP contribution in [0.15, 0.2) is 6.20 Å². The van der Waals surface area contributed by atoms with Crippen LogP contribution in [-0.2, 0) is 13.5 Å². The molecule has 0 aliphatic heterocycles. The first-order chi connectivity index (χ1) is 6.60. The predicted molar refractivity (Wildman–Crippen MR) is 59.2 cm³/mol. The zero-order chi connectivity index (χ0) is 10.7. The summed E-state index contributed by atoms with van der Waals surface area (Å²) in [4.78, 5) is 0. The van der Waals surface area contributed by atoms with E-state index in [1.54, 1.807) is 0 Å². The van der Waals surface area contributed by atoms with E-state index in [1.165, 1.54) is 11.3 Å². The second kappa shape index (κ2) is 4.60. The fourth-order valence-corrected chi connectivity index (χ4v) is 1.94. The number of hydrogen-bond acceptors (Lipinski definition) is 2. The summed E-state index contributed by atoms with van der Waals surface area (Å²) in [5.74, 6) is 0.592. The Bertz CT molecular complexity index is 289. The van der Waals surface area contributed by atoms with Crippen LogP contribution < -0.4 is 5.32 Å². The van der Waals surface area contributed by atoms with Crippen molar-refractivity contribution >= 4 is 0 Å². The van der Waals surface area contributed by atoms with Crippen molar-refractivity contribution in [2.45, 2.75) is 33.2 Å². The Morgan fingerprint density at radius 2 is 2.14 bits per heavy atom. The molecule has 0 spiro atoms. The van der Waals surface area contributed by atoms with Crippen molar-refractivity contribution in [1.82, 2.24) is 15.1 Å². The first-order valence-electron chi connectivity index (χ1n) is 5.29. The highest BCUT2D eigenvalue weighted by Gasteiger charge is 2.18. The van der Waals surface area contributed by atoms with Crippen molar-refractivity contribution in [1.29, 1.82) is 0 Å². The van der Waals surface area contributed by atoms with Crippen molar-refractivity contribution in [2.75, 3.05) is 7.05 Å². The molecule has 0 bridgehead atoms. The molecule has 1 N–H and O–H groups in total. The minimum atomic E-state index is 0.415. The Morgan fingerprint density at radius 1 is 1.50 bits per heavy atom. The molecule has 1 atom stereocenters. The van der Waals surface area contributed by atoms with Crippen LogP contribution in [0.4, 0.5) is 0 Å². The van der Waals surface area contributed by atoms with Gasteiger partial charge in [-0.3, -0.25) is 4.68 Å². The summed E-state index contributed by atoms with van der Waals surface area (Å²) in [6, 6.07) is 0.415. The third-order valence-corrected chi connectivity index (χ3v) is 2.59. The molecule has 1 aromatic rings. The van der Waals surface area contributed by atoms with E-state index < -0.39 is 0 Å². The Kier molecular flexibility index (Phi) is 3.69. The fourth-order valence-electron chi connectivity index (χ4n) is 1.94. The summed E-state index contributed by atoms with van der Waals surface area (Å²) in [5.41, 5.74) is 2.55. The largest absolute Gasteiger partial charge is 0.313 e. The Morgan fingerprint density at radius 3 is 2.57 bits per heavy atom. The first kappa shape index (κ1) is 11.2. The second-order valence-corrected chi connectivity index (χ2v) is 4.07. The normalized spacial score (nSPS) is 13.6. The Hall–Kier alpha value is -0.830. The maximum absolute atomic E-state index is 4.46. The van der Waals surface area contributed by atoms with E-state index in [2.05, 4.69) is 37.4 Å². The molecule has 0 aliphatic rings. The van der Waals surface area contributed by atoms with Gasteiger partial charge >= 0.3 is 0 Å². The van der Waals surface area contributed by atoms with Crippen LogP contribution in [0.3, 0.4) is 0 Å². The highest BCUT2D eigenvalue weighted by molar-refractivity contribution is 5.21. The van der Waals surface area contributed by atoms with E-state index in [9.17, 15) is 0 Å². The van der Waals surface area contributed by atoms with Gasteiger partial charge in [-0.15, -0.1) is 0 Å². The standard InChI is InChI=1S/C11H21N3/c1-6-10-9(7-14(5)13-10)11(12-4)8(2)3/h7-8,11-12H,6H2,1-5H3. The van der Waals surface area contributed by atoms with E-state index in [0.717, 1.165) is 6.42 Å². The summed E-state index contributed by atoms with van der Waals surface area (Å²) >= 11 is 0. The van der Waals surface area contributed by atoms with Crippen molar-refractivity contribution in [3.05, 3.63) is 17.5 Å². The van der Waals surface area contributed by atoms with Gasteiger partial charge in [-0.05, 0) is 19.4 Å². The van der Waals surface area contributed by atoms with Gasteiger partial charge in [0.25, 0.3) is 0 Å². The van der Waals surface area contributed by atoms with Crippen LogP contribution >= 0.6 is 0 Å². The molecule has 0 amide bonds. The van der Waals surface area contributed by atoms with Crippen molar-refractivity contribution in [3.63, 3.8) is 0 Å². The summed E-state index contributed by atoms with van der Waals surface area (Å²) in [6.45, 7) is 6.61. The number of aryl methyl sites for hydroxylation is 2. The molecule has 0 saturated carbocycles. The molecule has 3 nitrogen and oxygen atoms in total. The molecule has 1 rings (SSSR count). The molecule has 0 fully saturated rings. The number of hydrogen-bond donors (Lipinski definition) is 1. The Balaban J connectivity index is 3.02. The SMILES string of the molecule is CCc1nn(C)cc1C(NC)C(C)C. The number of rotatable bonds is 4. The lowest BCUT2D eigenvalue weighted by Crippen LogP contribution is -2.22. The van der Waals surface area contributed by atoms with Gasteiger partial charge in [-0.25, -0.2) is 0 Å². The molecule has 0 radical (unpaired) electrons. The van der Waals surface area contributed by atoms with E-state index >= 15 is 0 Å². The van der Waals surface area contributed by atoms with Gasteiger partial charge in [0.15, 0.2) is 0 Å². The van der Waals surface area contributed by atoms with E-state index in [4.69, 9.17) is 0 Å². The molecular formula is C11H21N3. The highest BCUT2D eigenvalue weighted by Crippen LogP contribution is 2.23. The van der Waals surface area contributed by atoms with Crippen LogP contribution in [0.2, 0.25) is 0 Å². The zero-order valence-electron chi connectivity index (χ0n) is 9.83. The molecule has 1 aromatic heterocycles. The molecule has 14 heavy (non-hydrogen) atoms. The maximum Gasteiger partial charge on any atom is 0.0669 e. The highest BCUT2D eigenvalue weighted by atomic mass is 15.3. The lowest BCUT2D eigenvalue weighted by Gasteiger charge is -2.19.